The summed E-state index contributed by atoms with van der Waals surface area (Å²) in [5.74, 6) is -0.208. The van der Waals surface area contributed by atoms with Gasteiger partial charge in [0, 0.05) is 11.4 Å². The van der Waals surface area contributed by atoms with Crippen LogP contribution >= 0.6 is 11.5 Å². The number of benzene rings is 1. The van der Waals surface area contributed by atoms with Crippen molar-refractivity contribution in [1.29, 1.82) is 0 Å². The van der Waals surface area contributed by atoms with Crippen molar-refractivity contribution in [2.75, 3.05) is 11.1 Å². The van der Waals surface area contributed by atoms with Gasteiger partial charge >= 0.3 is 0 Å². The molecule has 0 spiro atoms. The summed E-state index contributed by atoms with van der Waals surface area (Å²) in [5, 5.41) is 6.56. The number of nitrogens with zero attached hydrogens (tertiary/aromatic N) is 2. The number of rotatable bonds is 2. The lowest BCUT2D eigenvalue weighted by Crippen LogP contribution is -2.11. The number of hydrogen-bond donors (Lipinski definition) is 2. The summed E-state index contributed by atoms with van der Waals surface area (Å²) in [6.07, 6.45) is 0. The van der Waals surface area contributed by atoms with E-state index in [0.29, 0.717) is 21.9 Å². The quantitative estimate of drug-likeness (QED) is 0.796. The molecule has 3 N–H and O–H groups in total. The number of amides is 1. The van der Waals surface area contributed by atoms with Crippen molar-refractivity contribution in [2.24, 2.45) is 0 Å². The molecule has 0 fully saturated rings. The molecule has 2 rings (SSSR count). The molecule has 88 valence electrons. The first-order valence-corrected chi connectivity index (χ1v) is 5.81. The van der Waals surface area contributed by atoms with Gasteiger partial charge in [-0.15, -0.1) is 5.10 Å². The van der Waals surface area contributed by atoms with Gasteiger partial charge in [-0.2, -0.15) is 0 Å². The average Bonchev–Trinajstić information content (AvgIpc) is 2.70. The Balaban J connectivity index is 2.19. The first-order chi connectivity index (χ1) is 8.08. The smallest absolute Gasteiger partial charge is 0.269 e. The Morgan fingerprint density at radius 1 is 1.41 bits per heavy atom. The van der Waals surface area contributed by atoms with Gasteiger partial charge in [-0.1, -0.05) is 10.6 Å². The highest BCUT2D eigenvalue weighted by atomic mass is 32.1. The zero-order chi connectivity index (χ0) is 12.4. The van der Waals surface area contributed by atoms with Gasteiger partial charge in [0.1, 0.15) is 4.88 Å². The highest BCUT2D eigenvalue weighted by molar-refractivity contribution is 7.08. The fourth-order valence-corrected chi connectivity index (χ4v) is 1.90. The van der Waals surface area contributed by atoms with E-state index in [1.807, 2.05) is 19.1 Å². The maximum absolute atomic E-state index is 11.9. The second-order valence-corrected chi connectivity index (χ2v) is 4.47. The summed E-state index contributed by atoms with van der Waals surface area (Å²) < 4.78 is 3.72. The Morgan fingerprint density at radius 2 is 2.18 bits per heavy atom. The van der Waals surface area contributed by atoms with Gasteiger partial charge in [-0.05, 0) is 43.1 Å². The van der Waals surface area contributed by atoms with Gasteiger partial charge in [0.2, 0.25) is 0 Å². The summed E-state index contributed by atoms with van der Waals surface area (Å²) in [7, 11) is 0. The number of aromatic nitrogens is 2. The predicted molar refractivity (Wildman–Crippen MR) is 68.2 cm³/mol. The van der Waals surface area contributed by atoms with E-state index >= 15 is 0 Å². The summed E-state index contributed by atoms with van der Waals surface area (Å²) in [6, 6.07) is 5.41. The fraction of sp³-hybridized carbons (Fsp3) is 0.182. The SMILES string of the molecule is Cc1ccc(NC(=O)c2snnc2C)cc1N. The topological polar surface area (TPSA) is 80.9 Å². The van der Waals surface area contributed by atoms with E-state index in [2.05, 4.69) is 14.9 Å². The predicted octanol–water partition coefficient (Wildman–Crippen LogP) is 1.99. The van der Waals surface area contributed by atoms with E-state index in [-0.39, 0.29) is 5.91 Å². The number of nitrogen functional groups attached to an aromatic ring is 1. The van der Waals surface area contributed by atoms with Gasteiger partial charge in [0.15, 0.2) is 0 Å². The zero-order valence-electron chi connectivity index (χ0n) is 9.52. The molecule has 6 heteroatoms. The van der Waals surface area contributed by atoms with Crippen LogP contribution in [-0.4, -0.2) is 15.5 Å². The van der Waals surface area contributed by atoms with Gasteiger partial charge in [-0.25, -0.2) is 0 Å². The van der Waals surface area contributed by atoms with Gasteiger partial charge in [0.25, 0.3) is 5.91 Å². The molecule has 2 aromatic rings. The van der Waals surface area contributed by atoms with E-state index in [0.717, 1.165) is 17.1 Å². The largest absolute Gasteiger partial charge is 0.398 e. The summed E-state index contributed by atoms with van der Waals surface area (Å²) in [5.41, 5.74) is 8.72. The molecular weight excluding hydrogens is 236 g/mol. The highest BCUT2D eigenvalue weighted by Gasteiger charge is 2.13. The second kappa shape index (κ2) is 4.50. The standard InChI is InChI=1S/C11H12N4OS/c1-6-3-4-8(5-9(6)12)13-11(16)10-7(2)14-15-17-10/h3-5H,12H2,1-2H3,(H,13,16). The van der Waals surface area contributed by atoms with E-state index in [4.69, 9.17) is 5.73 Å². The summed E-state index contributed by atoms with van der Waals surface area (Å²) >= 11 is 1.08. The van der Waals surface area contributed by atoms with Crippen molar-refractivity contribution in [3.63, 3.8) is 0 Å². The molecule has 0 radical (unpaired) electrons. The number of aryl methyl sites for hydroxylation is 2. The molecule has 0 aliphatic heterocycles. The molecule has 1 heterocycles. The molecule has 1 aromatic heterocycles. The first kappa shape index (κ1) is 11.5. The Morgan fingerprint density at radius 3 is 2.76 bits per heavy atom. The van der Waals surface area contributed by atoms with Crippen LogP contribution in [-0.2, 0) is 0 Å². The van der Waals surface area contributed by atoms with Gasteiger partial charge in [-0.3, -0.25) is 4.79 Å². The molecule has 0 bridgehead atoms. The Kier molecular flexibility index (Phi) is 3.06. The zero-order valence-corrected chi connectivity index (χ0v) is 10.3. The minimum atomic E-state index is -0.208. The minimum absolute atomic E-state index is 0.208. The maximum atomic E-state index is 11.9. The second-order valence-electron chi connectivity index (χ2n) is 3.71. The molecule has 0 unspecified atom stereocenters. The molecule has 17 heavy (non-hydrogen) atoms. The maximum Gasteiger partial charge on any atom is 0.269 e. The lowest BCUT2D eigenvalue weighted by molar-refractivity contribution is 0.103. The third-order valence-corrected chi connectivity index (χ3v) is 3.22. The number of carbonyl (C=O) groups excluding carboxylic acids is 1. The van der Waals surface area contributed by atoms with E-state index in [1.54, 1.807) is 13.0 Å². The summed E-state index contributed by atoms with van der Waals surface area (Å²) in [4.78, 5) is 12.4. The number of carbonyl (C=O) groups is 1. The monoisotopic (exact) mass is 248 g/mol. The van der Waals surface area contributed by atoms with Crippen LogP contribution in [0.4, 0.5) is 11.4 Å². The van der Waals surface area contributed by atoms with Crippen LogP contribution in [0.1, 0.15) is 20.9 Å². The highest BCUT2D eigenvalue weighted by Crippen LogP contribution is 2.18. The molecule has 0 aliphatic rings. The van der Waals surface area contributed by atoms with Crippen molar-refractivity contribution >= 4 is 28.8 Å². The minimum Gasteiger partial charge on any atom is -0.398 e. The molecule has 0 saturated heterocycles. The molecule has 0 atom stereocenters. The molecule has 1 amide bonds. The lowest BCUT2D eigenvalue weighted by Gasteiger charge is -2.06. The van der Waals surface area contributed by atoms with Crippen molar-refractivity contribution < 1.29 is 4.79 Å². The Hall–Kier alpha value is -1.95. The lowest BCUT2D eigenvalue weighted by atomic mass is 10.2. The van der Waals surface area contributed by atoms with Crippen LogP contribution < -0.4 is 11.1 Å². The average molecular weight is 248 g/mol. The molecular formula is C11H12N4OS. The number of nitrogens with one attached hydrogen (secondary N) is 1. The number of anilines is 2. The van der Waals surface area contributed by atoms with Crippen molar-refractivity contribution in [3.05, 3.63) is 34.3 Å². The Labute approximate surface area is 103 Å². The van der Waals surface area contributed by atoms with Gasteiger partial charge in [0.05, 0.1) is 5.69 Å². The number of hydrogen-bond acceptors (Lipinski definition) is 5. The normalized spacial score (nSPS) is 10.2. The van der Waals surface area contributed by atoms with Crippen LogP contribution in [0.25, 0.3) is 0 Å². The van der Waals surface area contributed by atoms with Crippen LogP contribution in [0.3, 0.4) is 0 Å². The van der Waals surface area contributed by atoms with Crippen LogP contribution in [0.15, 0.2) is 18.2 Å². The Bertz CT molecular complexity index is 564. The molecule has 0 saturated carbocycles. The van der Waals surface area contributed by atoms with E-state index in [1.165, 1.54) is 0 Å². The summed E-state index contributed by atoms with van der Waals surface area (Å²) in [6.45, 7) is 3.67. The fourth-order valence-electron chi connectivity index (χ4n) is 1.35. The molecule has 0 aliphatic carbocycles. The van der Waals surface area contributed by atoms with Crippen molar-refractivity contribution in [3.8, 4) is 0 Å². The van der Waals surface area contributed by atoms with Crippen molar-refractivity contribution in [2.45, 2.75) is 13.8 Å². The molecule has 5 nitrogen and oxygen atoms in total. The third-order valence-electron chi connectivity index (χ3n) is 2.39. The first-order valence-electron chi connectivity index (χ1n) is 5.04. The number of nitrogens with two attached hydrogens (primary N) is 1. The van der Waals surface area contributed by atoms with Crippen LogP contribution in [0, 0.1) is 13.8 Å². The van der Waals surface area contributed by atoms with E-state index < -0.39 is 0 Å². The molecule has 1 aromatic carbocycles. The van der Waals surface area contributed by atoms with Crippen LogP contribution in [0.5, 0.6) is 0 Å². The van der Waals surface area contributed by atoms with Crippen LogP contribution in [0.2, 0.25) is 0 Å². The van der Waals surface area contributed by atoms with E-state index in [9.17, 15) is 4.79 Å². The van der Waals surface area contributed by atoms with Crippen molar-refractivity contribution in [1.82, 2.24) is 9.59 Å². The van der Waals surface area contributed by atoms with Gasteiger partial charge < -0.3 is 11.1 Å². The third kappa shape index (κ3) is 2.42.